The fraction of sp³-hybridized carbons (Fsp3) is 0.0769. The molecule has 1 N–H and O–H groups in total. The first-order valence-electron chi connectivity index (χ1n) is 5.37. The van der Waals surface area contributed by atoms with Gasteiger partial charge in [0.25, 0.3) is 5.91 Å². The summed E-state index contributed by atoms with van der Waals surface area (Å²) in [5, 5.41) is 9.54. The first-order valence-corrected chi connectivity index (χ1v) is 6.13. The fourth-order valence-corrected chi connectivity index (χ4v) is 2.04. The van der Waals surface area contributed by atoms with Crippen molar-refractivity contribution < 1.29 is 9.90 Å². The highest BCUT2D eigenvalue weighted by molar-refractivity contribution is 6.33. The third kappa shape index (κ3) is 3.16. The molecule has 0 aliphatic carbocycles. The number of halogens is 2. The predicted molar refractivity (Wildman–Crippen MR) is 75.1 cm³/mol. The van der Waals surface area contributed by atoms with Gasteiger partial charge < -0.3 is 10.0 Å². The number of carbonyl (C=O) groups is 1. The summed E-state index contributed by atoms with van der Waals surface area (Å²) >= 11 is 11.5. The number of phenols is 1. The normalized spacial score (nSPS) is 10.3. The van der Waals surface area contributed by atoms with Gasteiger partial charge in [0.1, 0.15) is 16.1 Å². The minimum absolute atomic E-state index is 0.139. The topological polar surface area (TPSA) is 53.4 Å². The number of hydrogen-bond acceptors (Lipinski definition) is 3. The summed E-state index contributed by atoms with van der Waals surface area (Å²) in [7, 11) is 1.62. The smallest absolute Gasteiger partial charge is 0.258 e. The van der Waals surface area contributed by atoms with Crippen LogP contribution in [0.4, 0.5) is 5.69 Å². The number of hydrogen-bond donors (Lipinski definition) is 1. The maximum absolute atomic E-state index is 12.3. The van der Waals surface area contributed by atoms with Crippen LogP contribution in [0, 0.1) is 0 Å². The zero-order chi connectivity index (χ0) is 14.0. The summed E-state index contributed by atoms with van der Waals surface area (Å²) in [6, 6.07) is 9.19. The summed E-state index contributed by atoms with van der Waals surface area (Å²) in [6.07, 6.45) is 0. The van der Waals surface area contributed by atoms with Crippen LogP contribution in [0.3, 0.4) is 0 Å². The summed E-state index contributed by atoms with van der Waals surface area (Å²) in [4.78, 5) is 17.5. The van der Waals surface area contributed by atoms with Gasteiger partial charge in [0, 0.05) is 18.3 Å². The molecule has 0 radical (unpaired) electrons. The van der Waals surface area contributed by atoms with E-state index in [1.165, 1.54) is 29.2 Å². The highest BCUT2D eigenvalue weighted by Crippen LogP contribution is 2.21. The molecule has 2 rings (SSSR count). The van der Waals surface area contributed by atoms with Crippen LogP contribution in [0.15, 0.2) is 36.4 Å². The van der Waals surface area contributed by atoms with Crippen molar-refractivity contribution in [2.24, 2.45) is 0 Å². The quantitative estimate of drug-likeness (QED) is 0.865. The highest BCUT2D eigenvalue weighted by Gasteiger charge is 2.15. The van der Waals surface area contributed by atoms with Gasteiger partial charge >= 0.3 is 0 Å². The highest BCUT2D eigenvalue weighted by atomic mass is 35.5. The maximum Gasteiger partial charge on any atom is 0.258 e. The number of aromatic nitrogens is 1. The second-order valence-electron chi connectivity index (χ2n) is 3.88. The first kappa shape index (κ1) is 13.6. The Balaban J connectivity index is 2.30. The fourth-order valence-electron chi connectivity index (χ4n) is 1.58. The second kappa shape index (κ2) is 5.47. The average molecular weight is 297 g/mol. The van der Waals surface area contributed by atoms with Crippen LogP contribution >= 0.6 is 23.2 Å². The van der Waals surface area contributed by atoms with Gasteiger partial charge in [-0.05, 0) is 36.4 Å². The Bertz CT molecular complexity index is 594. The summed E-state index contributed by atoms with van der Waals surface area (Å²) < 4.78 is 0. The summed E-state index contributed by atoms with van der Waals surface area (Å²) in [5.74, 6) is -0.128. The van der Waals surface area contributed by atoms with Crippen molar-refractivity contribution in [3.8, 4) is 5.75 Å². The lowest BCUT2D eigenvalue weighted by Crippen LogP contribution is -2.26. The Morgan fingerprint density at radius 2 is 1.68 bits per heavy atom. The molecule has 0 spiro atoms. The molecule has 1 aromatic carbocycles. The summed E-state index contributed by atoms with van der Waals surface area (Å²) in [5.41, 5.74) is 0.993. The van der Waals surface area contributed by atoms with Crippen LogP contribution in [0.2, 0.25) is 10.3 Å². The Labute approximate surface area is 120 Å². The molecule has 4 nitrogen and oxygen atoms in total. The number of aromatic hydroxyl groups is 1. The van der Waals surface area contributed by atoms with E-state index in [-0.39, 0.29) is 22.0 Å². The van der Waals surface area contributed by atoms with E-state index in [1.54, 1.807) is 19.2 Å². The number of rotatable bonds is 2. The van der Waals surface area contributed by atoms with E-state index in [9.17, 15) is 9.90 Å². The van der Waals surface area contributed by atoms with E-state index in [4.69, 9.17) is 23.2 Å². The third-order valence-electron chi connectivity index (χ3n) is 2.55. The minimum Gasteiger partial charge on any atom is -0.508 e. The van der Waals surface area contributed by atoms with E-state index in [0.717, 1.165) is 0 Å². The van der Waals surface area contributed by atoms with Crippen molar-refractivity contribution in [3.05, 3.63) is 52.3 Å². The van der Waals surface area contributed by atoms with Crippen molar-refractivity contribution in [2.45, 2.75) is 0 Å². The zero-order valence-electron chi connectivity index (χ0n) is 9.97. The van der Waals surface area contributed by atoms with E-state index in [1.807, 2.05) is 0 Å². The van der Waals surface area contributed by atoms with Gasteiger partial charge in [-0.25, -0.2) is 4.98 Å². The van der Waals surface area contributed by atoms with Crippen LogP contribution in [-0.2, 0) is 0 Å². The van der Waals surface area contributed by atoms with Crippen molar-refractivity contribution in [1.29, 1.82) is 0 Å². The van der Waals surface area contributed by atoms with Crippen LogP contribution in [0.25, 0.3) is 0 Å². The number of nitrogens with zero attached hydrogens (tertiary/aromatic N) is 2. The molecular formula is C13H10Cl2N2O2. The van der Waals surface area contributed by atoms with E-state index < -0.39 is 0 Å². The second-order valence-corrected chi connectivity index (χ2v) is 4.66. The molecule has 1 heterocycles. The van der Waals surface area contributed by atoms with Crippen LogP contribution in [0.1, 0.15) is 10.4 Å². The Kier molecular flexibility index (Phi) is 3.93. The molecule has 0 bridgehead atoms. The maximum atomic E-state index is 12.3. The standard InChI is InChI=1S/C13H10Cl2N2O2/c1-17(9-2-4-10(18)5-3-9)13(19)8-6-11(14)16-12(15)7-8/h2-7,18H,1H3. The molecule has 0 atom stereocenters. The molecule has 0 unspecified atom stereocenters. The molecule has 2 aromatic rings. The van der Waals surface area contributed by atoms with E-state index in [2.05, 4.69) is 4.98 Å². The molecule has 0 fully saturated rings. The molecule has 0 aliphatic heterocycles. The van der Waals surface area contributed by atoms with Gasteiger partial charge in [-0.1, -0.05) is 23.2 Å². The van der Waals surface area contributed by atoms with Crippen LogP contribution in [0.5, 0.6) is 5.75 Å². The molecule has 1 aromatic heterocycles. The van der Waals surface area contributed by atoms with Gasteiger partial charge in [-0.3, -0.25) is 4.79 Å². The van der Waals surface area contributed by atoms with Crippen LogP contribution in [-0.4, -0.2) is 23.0 Å². The molecule has 98 valence electrons. The largest absolute Gasteiger partial charge is 0.508 e. The van der Waals surface area contributed by atoms with Gasteiger partial charge in [0.05, 0.1) is 0 Å². The molecule has 0 saturated carbocycles. The lowest BCUT2D eigenvalue weighted by molar-refractivity contribution is 0.0993. The summed E-state index contributed by atoms with van der Waals surface area (Å²) in [6.45, 7) is 0. The van der Waals surface area contributed by atoms with E-state index >= 15 is 0 Å². The molecule has 0 aliphatic rings. The van der Waals surface area contributed by atoms with Crippen molar-refractivity contribution in [2.75, 3.05) is 11.9 Å². The van der Waals surface area contributed by atoms with Gasteiger partial charge in [-0.15, -0.1) is 0 Å². The Hall–Kier alpha value is -1.78. The SMILES string of the molecule is CN(C(=O)c1cc(Cl)nc(Cl)c1)c1ccc(O)cc1. The van der Waals surface area contributed by atoms with Crippen LogP contribution < -0.4 is 4.90 Å². The van der Waals surface area contributed by atoms with Crippen molar-refractivity contribution >= 4 is 34.8 Å². The van der Waals surface area contributed by atoms with Crippen molar-refractivity contribution in [3.63, 3.8) is 0 Å². The number of pyridine rings is 1. The van der Waals surface area contributed by atoms with E-state index in [0.29, 0.717) is 11.3 Å². The molecule has 6 heteroatoms. The van der Waals surface area contributed by atoms with Crippen molar-refractivity contribution in [1.82, 2.24) is 4.98 Å². The first-order chi connectivity index (χ1) is 8.97. The predicted octanol–water partition coefficient (Wildman–Crippen LogP) is 3.37. The zero-order valence-corrected chi connectivity index (χ0v) is 11.5. The average Bonchev–Trinajstić information content (AvgIpc) is 2.37. The Morgan fingerprint density at radius 3 is 2.21 bits per heavy atom. The lowest BCUT2D eigenvalue weighted by Gasteiger charge is -2.17. The molecule has 0 saturated heterocycles. The lowest BCUT2D eigenvalue weighted by atomic mass is 10.2. The van der Waals surface area contributed by atoms with Gasteiger partial charge in [-0.2, -0.15) is 0 Å². The Morgan fingerprint density at radius 1 is 1.16 bits per heavy atom. The number of amides is 1. The number of anilines is 1. The number of carbonyl (C=O) groups excluding carboxylic acids is 1. The number of phenolic OH excluding ortho intramolecular Hbond substituents is 1. The minimum atomic E-state index is -0.267. The number of benzene rings is 1. The molecule has 1 amide bonds. The molecule has 19 heavy (non-hydrogen) atoms. The monoisotopic (exact) mass is 296 g/mol. The van der Waals surface area contributed by atoms with Gasteiger partial charge in [0.15, 0.2) is 0 Å². The third-order valence-corrected chi connectivity index (χ3v) is 2.94. The van der Waals surface area contributed by atoms with Gasteiger partial charge in [0.2, 0.25) is 0 Å². The molecular weight excluding hydrogens is 287 g/mol.